The van der Waals surface area contributed by atoms with Gasteiger partial charge in [0, 0.05) is 37.8 Å². The number of rotatable bonds is 1. The van der Waals surface area contributed by atoms with Gasteiger partial charge in [-0.25, -0.2) is 0 Å². The predicted octanol–water partition coefficient (Wildman–Crippen LogP) is 1.28. The molecule has 1 fully saturated rings. The van der Waals surface area contributed by atoms with Crippen molar-refractivity contribution in [1.29, 1.82) is 0 Å². The van der Waals surface area contributed by atoms with Crippen molar-refractivity contribution in [1.82, 2.24) is 15.2 Å². The maximum Gasteiger partial charge on any atom is 0.209 e. The van der Waals surface area contributed by atoms with Gasteiger partial charge in [-0.1, -0.05) is 24.3 Å². The van der Waals surface area contributed by atoms with Gasteiger partial charge in [-0.2, -0.15) is 0 Å². The van der Waals surface area contributed by atoms with E-state index in [-0.39, 0.29) is 0 Å². The average Bonchev–Trinajstić information content (AvgIpc) is 2.49. The van der Waals surface area contributed by atoms with Crippen LogP contribution in [0.3, 0.4) is 0 Å². The Morgan fingerprint density at radius 3 is 2.50 bits per heavy atom. The molecule has 2 heterocycles. The highest BCUT2D eigenvalue weighted by Gasteiger charge is 2.04. The molecule has 4 nitrogen and oxygen atoms in total. The first-order valence-corrected chi connectivity index (χ1v) is 6.10. The van der Waals surface area contributed by atoms with Gasteiger partial charge in [-0.05, 0) is 12.1 Å². The van der Waals surface area contributed by atoms with Crippen molar-refractivity contribution < 1.29 is 4.79 Å². The SMILES string of the molecule is O=CN1CCNCC1.c1ccc2ncccc2c1. The van der Waals surface area contributed by atoms with Gasteiger partial charge in [0.2, 0.25) is 6.41 Å². The third-order valence-electron chi connectivity index (χ3n) is 2.81. The lowest BCUT2D eigenvalue weighted by Gasteiger charge is -2.22. The first-order valence-electron chi connectivity index (χ1n) is 6.10. The predicted molar refractivity (Wildman–Crippen MR) is 72.2 cm³/mol. The number of fused-ring (bicyclic) bond motifs is 1. The summed E-state index contributed by atoms with van der Waals surface area (Å²) < 4.78 is 0. The number of carbonyl (C=O) groups excluding carboxylic acids is 1. The lowest BCUT2D eigenvalue weighted by Crippen LogP contribution is -2.42. The summed E-state index contributed by atoms with van der Waals surface area (Å²) >= 11 is 0. The summed E-state index contributed by atoms with van der Waals surface area (Å²) in [6, 6.07) is 12.1. The van der Waals surface area contributed by atoms with E-state index in [1.165, 1.54) is 5.39 Å². The van der Waals surface area contributed by atoms with E-state index in [1.807, 2.05) is 30.5 Å². The number of nitrogens with one attached hydrogen (secondary N) is 1. The van der Waals surface area contributed by atoms with Crippen LogP contribution in [0.25, 0.3) is 10.9 Å². The van der Waals surface area contributed by atoms with Crippen molar-refractivity contribution in [2.24, 2.45) is 0 Å². The number of piperazine rings is 1. The van der Waals surface area contributed by atoms with Gasteiger partial charge in [0.1, 0.15) is 0 Å². The third-order valence-corrected chi connectivity index (χ3v) is 2.81. The van der Waals surface area contributed by atoms with Crippen LogP contribution < -0.4 is 5.32 Å². The minimum Gasteiger partial charge on any atom is -0.343 e. The van der Waals surface area contributed by atoms with E-state index in [4.69, 9.17) is 0 Å². The Labute approximate surface area is 107 Å². The quantitative estimate of drug-likeness (QED) is 0.767. The molecule has 0 unspecified atom stereocenters. The number of aromatic nitrogens is 1. The lowest BCUT2D eigenvalue weighted by molar-refractivity contribution is -0.118. The van der Waals surface area contributed by atoms with E-state index >= 15 is 0 Å². The first-order chi connectivity index (χ1) is 8.90. The van der Waals surface area contributed by atoms with Crippen LogP contribution in [0.1, 0.15) is 0 Å². The highest BCUT2D eigenvalue weighted by atomic mass is 16.1. The molecule has 94 valence electrons. The largest absolute Gasteiger partial charge is 0.343 e. The van der Waals surface area contributed by atoms with Crippen molar-refractivity contribution in [3.63, 3.8) is 0 Å². The average molecular weight is 243 g/mol. The Morgan fingerprint density at radius 1 is 1.11 bits per heavy atom. The van der Waals surface area contributed by atoms with E-state index in [2.05, 4.69) is 22.4 Å². The standard InChI is InChI=1S/C9H7N.C5H10N2O/c1-2-6-9-8(4-1)5-3-7-10-9;8-5-7-3-1-6-2-4-7/h1-7H;5-6H,1-4H2. The maximum atomic E-state index is 10.1. The van der Waals surface area contributed by atoms with Crippen molar-refractivity contribution in [2.45, 2.75) is 0 Å². The zero-order valence-electron chi connectivity index (χ0n) is 10.2. The second-order valence-electron chi connectivity index (χ2n) is 4.09. The molecule has 1 amide bonds. The molecule has 3 rings (SSSR count). The minimum atomic E-state index is 0.865. The van der Waals surface area contributed by atoms with Crippen LogP contribution in [-0.2, 0) is 4.79 Å². The number of amides is 1. The number of carbonyl (C=O) groups is 1. The van der Waals surface area contributed by atoms with Crippen LogP contribution in [-0.4, -0.2) is 42.5 Å². The third kappa shape index (κ3) is 3.53. The fourth-order valence-electron chi connectivity index (χ4n) is 1.80. The van der Waals surface area contributed by atoms with Gasteiger partial charge in [0.15, 0.2) is 0 Å². The number of hydrogen-bond donors (Lipinski definition) is 1. The molecule has 1 aliphatic rings. The molecular weight excluding hydrogens is 226 g/mol. The summed E-state index contributed by atoms with van der Waals surface area (Å²) in [6.45, 7) is 3.62. The topological polar surface area (TPSA) is 45.2 Å². The lowest BCUT2D eigenvalue weighted by atomic mass is 10.2. The Bertz CT molecular complexity index is 430. The van der Waals surface area contributed by atoms with Crippen LogP contribution in [0, 0.1) is 0 Å². The molecule has 0 aliphatic carbocycles. The number of hydrogen-bond acceptors (Lipinski definition) is 3. The molecule has 2 aromatic rings. The molecule has 0 atom stereocenters. The van der Waals surface area contributed by atoms with Crippen LogP contribution >= 0.6 is 0 Å². The minimum absolute atomic E-state index is 0.865. The molecule has 1 N–H and O–H groups in total. The Balaban J connectivity index is 0.000000138. The zero-order valence-corrected chi connectivity index (χ0v) is 10.2. The Hall–Kier alpha value is -1.94. The Kier molecular flexibility index (Phi) is 4.67. The van der Waals surface area contributed by atoms with Crippen molar-refractivity contribution >= 4 is 17.3 Å². The van der Waals surface area contributed by atoms with Gasteiger partial charge in [0.05, 0.1) is 5.52 Å². The number of nitrogens with zero attached hydrogens (tertiary/aromatic N) is 2. The van der Waals surface area contributed by atoms with E-state index in [9.17, 15) is 4.79 Å². The number of pyridine rings is 1. The molecular formula is C14H17N3O. The second-order valence-corrected chi connectivity index (χ2v) is 4.09. The highest BCUT2D eigenvalue weighted by Crippen LogP contribution is 2.07. The molecule has 1 aromatic heterocycles. The van der Waals surface area contributed by atoms with Gasteiger partial charge >= 0.3 is 0 Å². The van der Waals surface area contributed by atoms with Crippen molar-refractivity contribution in [3.8, 4) is 0 Å². The number of para-hydroxylation sites is 1. The first kappa shape index (κ1) is 12.5. The normalized spacial score (nSPS) is 14.8. The van der Waals surface area contributed by atoms with Gasteiger partial charge in [-0.15, -0.1) is 0 Å². The molecule has 1 aromatic carbocycles. The molecule has 0 spiro atoms. The summed E-state index contributed by atoms with van der Waals surface area (Å²) in [5.41, 5.74) is 1.06. The zero-order chi connectivity index (χ0) is 12.6. The highest BCUT2D eigenvalue weighted by molar-refractivity contribution is 5.77. The van der Waals surface area contributed by atoms with Crippen LogP contribution in [0.4, 0.5) is 0 Å². The smallest absolute Gasteiger partial charge is 0.209 e. The Morgan fingerprint density at radius 2 is 1.83 bits per heavy atom. The van der Waals surface area contributed by atoms with Crippen LogP contribution in [0.15, 0.2) is 42.6 Å². The fourth-order valence-corrected chi connectivity index (χ4v) is 1.80. The van der Waals surface area contributed by atoms with Crippen LogP contribution in [0.5, 0.6) is 0 Å². The molecule has 4 heteroatoms. The molecule has 1 saturated heterocycles. The van der Waals surface area contributed by atoms with E-state index in [0.29, 0.717) is 0 Å². The van der Waals surface area contributed by atoms with E-state index in [1.54, 1.807) is 4.90 Å². The monoisotopic (exact) mass is 243 g/mol. The molecule has 0 radical (unpaired) electrons. The molecule has 0 bridgehead atoms. The molecule has 18 heavy (non-hydrogen) atoms. The van der Waals surface area contributed by atoms with Gasteiger partial charge < -0.3 is 10.2 Å². The van der Waals surface area contributed by atoms with Crippen molar-refractivity contribution in [2.75, 3.05) is 26.2 Å². The maximum absolute atomic E-state index is 10.1. The summed E-state index contributed by atoms with van der Waals surface area (Å²) in [5.74, 6) is 0. The van der Waals surface area contributed by atoms with Gasteiger partial charge in [-0.3, -0.25) is 9.78 Å². The fraction of sp³-hybridized carbons (Fsp3) is 0.286. The van der Waals surface area contributed by atoms with E-state index < -0.39 is 0 Å². The van der Waals surface area contributed by atoms with Crippen molar-refractivity contribution in [3.05, 3.63) is 42.6 Å². The second kappa shape index (κ2) is 6.71. The van der Waals surface area contributed by atoms with Gasteiger partial charge in [0.25, 0.3) is 0 Å². The summed E-state index contributed by atoms with van der Waals surface area (Å²) in [7, 11) is 0. The summed E-state index contributed by atoms with van der Waals surface area (Å²) in [6.07, 6.45) is 2.71. The molecule has 1 aliphatic heterocycles. The molecule has 0 saturated carbocycles. The number of benzene rings is 1. The van der Waals surface area contributed by atoms with Crippen LogP contribution in [0.2, 0.25) is 0 Å². The van der Waals surface area contributed by atoms with E-state index in [0.717, 1.165) is 38.1 Å². The summed E-state index contributed by atoms with van der Waals surface area (Å²) in [4.78, 5) is 16.0. The summed E-state index contributed by atoms with van der Waals surface area (Å²) in [5, 5.41) is 4.35.